The number of hydrogen-bond donors (Lipinski definition) is 1. The molecule has 2 rings (SSSR count). The molecule has 2 aliphatic heterocycles. The summed E-state index contributed by atoms with van der Waals surface area (Å²) >= 11 is 0. The van der Waals surface area contributed by atoms with Gasteiger partial charge in [0.15, 0.2) is 0 Å². The SMILES string of the molecule is CCCN1CCCC2NCCC21. The first-order valence-electron chi connectivity index (χ1n) is 5.39. The number of hydrogen-bond acceptors (Lipinski definition) is 2. The Balaban J connectivity index is 1.94. The maximum Gasteiger partial charge on any atom is 0.0261 e. The van der Waals surface area contributed by atoms with Crippen LogP contribution in [0.5, 0.6) is 0 Å². The topological polar surface area (TPSA) is 15.3 Å². The lowest BCUT2D eigenvalue weighted by atomic mass is 9.97. The van der Waals surface area contributed by atoms with Gasteiger partial charge in [-0.25, -0.2) is 0 Å². The third kappa shape index (κ3) is 1.50. The molecular formula is C10H20N2. The van der Waals surface area contributed by atoms with Gasteiger partial charge >= 0.3 is 0 Å². The largest absolute Gasteiger partial charge is 0.312 e. The molecule has 0 aromatic heterocycles. The zero-order valence-electron chi connectivity index (χ0n) is 8.05. The first-order valence-corrected chi connectivity index (χ1v) is 5.39. The Bertz CT molecular complexity index is 145. The molecule has 2 fully saturated rings. The van der Waals surface area contributed by atoms with Gasteiger partial charge < -0.3 is 5.32 Å². The minimum atomic E-state index is 0.824. The van der Waals surface area contributed by atoms with Crippen LogP contribution in [0.3, 0.4) is 0 Å². The summed E-state index contributed by atoms with van der Waals surface area (Å²) in [7, 11) is 0. The zero-order chi connectivity index (χ0) is 8.39. The Hall–Kier alpha value is -0.0800. The lowest BCUT2D eigenvalue weighted by Gasteiger charge is -2.37. The number of piperidine rings is 1. The molecule has 70 valence electrons. The molecule has 0 aliphatic carbocycles. The predicted molar refractivity (Wildman–Crippen MR) is 51.3 cm³/mol. The molecular weight excluding hydrogens is 148 g/mol. The van der Waals surface area contributed by atoms with E-state index < -0.39 is 0 Å². The first-order chi connectivity index (χ1) is 5.92. The first kappa shape index (κ1) is 8.52. The van der Waals surface area contributed by atoms with E-state index in [1.807, 2.05) is 0 Å². The number of fused-ring (bicyclic) bond motifs is 1. The monoisotopic (exact) mass is 168 g/mol. The van der Waals surface area contributed by atoms with Crippen molar-refractivity contribution in [3.63, 3.8) is 0 Å². The molecule has 2 heterocycles. The average Bonchev–Trinajstić information content (AvgIpc) is 2.53. The minimum absolute atomic E-state index is 0.824. The minimum Gasteiger partial charge on any atom is -0.312 e. The van der Waals surface area contributed by atoms with E-state index in [-0.39, 0.29) is 0 Å². The van der Waals surface area contributed by atoms with Crippen LogP contribution in [0.15, 0.2) is 0 Å². The summed E-state index contributed by atoms with van der Waals surface area (Å²) in [6.07, 6.45) is 5.49. The smallest absolute Gasteiger partial charge is 0.0261 e. The van der Waals surface area contributed by atoms with Crippen LogP contribution >= 0.6 is 0 Å². The van der Waals surface area contributed by atoms with Crippen molar-refractivity contribution >= 4 is 0 Å². The molecule has 2 aliphatic rings. The van der Waals surface area contributed by atoms with Crippen LogP contribution in [0, 0.1) is 0 Å². The molecule has 0 saturated carbocycles. The summed E-state index contributed by atoms with van der Waals surface area (Å²) in [6, 6.07) is 1.70. The second kappa shape index (κ2) is 3.75. The maximum atomic E-state index is 3.61. The molecule has 0 spiro atoms. The average molecular weight is 168 g/mol. The van der Waals surface area contributed by atoms with Gasteiger partial charge in [-0.3, -0.25) is 4.90 Å². The Morgan fingerprint density at radius 1 is 1.42 bits per heavy atom. The molecule has 2 heteroatoms. The highest BCUT2D eigenvalue weighted by Crippen LogP contribution is 2.23. The second-order valence-corrected chi connectivity index (χ2v) is 4.09. The predicted octanol–water partition coefficient (Wildman–Crippen LogP) is 1.22. The van der Waals surface area contributed by atoms with Crippen LogP contribution in [0.4, 0.5) is 0 Å². The highest BCUT2D eigenvalue weighted by atomic mass is 15.2. The standard InChI is InChI=1S/C10H20N2/c1-2-7-12-8-3-4-9-10(12)5-6-11-9/h9-11H,2-8H2,1H3. The van der Waals surface area contributed by atoms with Crippen LogP contribution in [0.1, 0.15) is 32.6 Å². The highest BCUT2D eigenvalue weighted by Gasteiger charge is 2.33. The van der Waals surface area contributed by atoms with E-state index in [4.69, 9.17) is 0 Å². The highest BCUT2D eigenvalue weighted by molar-refractivity contribution is 4.93. The number of likely N-dealkylation sites (tertiary alicyclic amines) is 1. The van der Waals surface area contributed by atoms with Crippen LogP contribution in [-0.2, 0) is 0 Å². The van der Waals surface area contributed by atoms with Crippen LogP contribution in [0.2, 0.25) is 0 Å². The molecule has 1 N–H and O–H groups in total. The fourth-order valence-electron chi connectivity index (χ4n) is 2.73. The number of nitrogens with zero attached hydrogens (tertiary/aromatic N) is 1. The Morgan fingerprint density at radius 2 is 2.33 bits per heavy atom. The zero-order valence-corrected chi connectivity index (χ0v) is 8.05. The van der Waals surface area contributed by atoms with Gasteiger partial charge in [0.1, 0.15) is 0 Å². The molecule has 2 unspecified atom stereocenters. The van der Waals surface area contributed by atoms with E-state index in [0.29, 0.717) is 0 Å². The van der Waals surface area contributed by atoms with E-state index in [1.165, 1.54) is 45.3 Å². The van der Waals surface area contributed by atoms with Gasteiger partial charge in [-0.05, 0) is 45.3 Å². The molecule has 0 bridgehead atoms. The van der Waals surface area contributed by atoms with E-state index in [9.17, 15) is 0 Å². The molecule has 0 amide bonds. The molecule has 2 saturated heterocycles. The summed E-state index contributed by atoms with van der Waals surface area (Å²) in [4.78, 5) is 2.69. The normalized spacial score (nSPS) is 36.8. The van der Waals surface area contributed by atoms with Crippen LogP contribution in [0.25, 0.3) is 0 Å². The van der Waals surface area contributed by atoms with Crippen molar-refractivity contribution in [2.45, 2.75) is 44.7 Å². The van der Waals surface area contributed by atoms with E-state index >= 15 is 0 Å². The van der Waals surface area contributed by atoms with Crippen molar-refractivity contribution in [1.29, 1.82) is 0 Å². The van der Waals surface area contributed by atoms with Crippen molar-refractivity contribution < 1.29 is 0 Å². The van der Waals surface area contributed by atoms with Crippen molar-refractivity contribution in [3.8, 4) is 0 Å². The molecule has 12 heavy (non-hydrogen) atoms. The molecule has 2 atom stereocenters. The van der Waals surface area contributed by atoms with Gasteiger partial charge in [0.05, 0.1) is 0 Å². The van der Waals surface area contributed by atoms with Gasteiger partial charge in [0.25, 0.3) is 0 Å². The summed E-state index contributed by atoms with van der Waals surface area (Å²) < 4.78 is 0. The number of rotatable bonds is 2. The molecule has 0 aromatic rings. The third-order valence-corrected chi connectivity index (χ3v) is 3.25. The quantitative estimate of drug-likeness (QED) is 0.667. The number of nitrogens with one attached hydrogen (secondary N) is 1. The molecule has 0 aromatic carbocycles. The Kier molecular flexibility index (Phi) is 2.66. The van der Waals surface area contributed by atoms with Gasteiger partial charge in [0, 0.05) is 12.1 Å². The summed E-state index contributed by atoms with van der Waals surface area (Å²) in [6.45, 7) is 6.18. The second-order valence-electron chi connectivity index (χ2n) is 4.09. The van der Waals surface area contributed by atoms with Crippen molar-refractivity contribution in [3.05, 3.63) is 0 Å². The van der Waals surface area contributed by atoms with E-state index in [1.54, 1.807) is 0 Å². The van der Waals surface area contributed by atoms with Crippen LogP contribution in [-0.4, -0.2) is 36.6 Å². The van der Waals surface area contributed by atoms with Crippen molar-refractivity contribution in [1.82, 2.24) is 10.2 Å². The van der Waals surface area contributed by atoms with Gasteiger partial charge in [-0.1, -0.05) is 6.92 Å². The fourth-order valence-corrected chi connectivity index (χ4v) is 2.73. The Morgan fingerprint density at radius 3 is 3.17 bits per heavy atom. The molecule has 2 nitrogen and oxygen atoms in total. The van der Waals surface area contributed by atoms with Gasteiger partial charge in [-0.15, -0.1) is 0 Å². The summed E-state index contributed by atoms with van der Waals surface area (Å²) in [5, 5.41) is 3.61. The molecule has 0 radical (unpaired) electrons. The van der Waals surface area contributed by atoms with Crippen molar-refractivity contribution in [2.24, 2.45) is 0 Å². The van der Waals surface area contributed by atoms with Gasteiger partial charge in [-0.2, -0.15) is 0 Å². The van der Waals surface area contributed by atoms with E-state index in [2.05, 4.69) is 17.1 Å². The van der Waals surface area contributed by atoms with Crippen LogP contribution < -0.4 is 5.32 Å². The summed E-state index contributed by atoms with van der Waals surface area (Å²) in [5.74, 6) is 0. The fraction of sp³-hybridized carbons (Fsp3) is 1.00. The summed E-state index contributed by atoms with van der Waals surface area (Å²) in [5.41, 5.74) is 0. The Labute approximate surface area is 75.3 Å². The maximum absolute atomic E-state index is 3.61. The lowest BCUT2D eigenvalue weighted by molar-refractivity contribution is 0.138. The lowest BCUT2D eigenvalue weighted by Crippen LogP contribution is -2.48. The van der Waals surface area contributed by atoms with Gasteiger partial charge in [0.2, 0.25) is 0 Å². The van der Waals surface area contributed by atoms with Crippen molar-refractivity contribution in [2.75, 3.05) is 19.6 Å². The van der Waals surface area contributed by atoms with E-state index in [0.717, 1.165) is 12.1 Å². The third-order valence-electron chi connectivity index (χ3n) is 3.25.